The maximum Gasteiger partial charge on any atom is 0.334 e. The molecule has 0 bridgehead atoms. The fourth-order valence-electron chi connectivity index (χ4n) is 2.97. The van der Waals surface area contributed by atoms with Crippen molar-refractivity contribution in [2.45, 2.75) is 84.8 Å². The highest BCUT2D eigenvalue weighted by atomic mass is 16.6. The molecule has 0 saturated heterocycles. The molecule has 0 spiro atoms. The summed E-state index contributed by atoms with van der Waals surface area (Å²) in [6, 6.07) is 0. The number of aliphatic hydroxyl groups is 1. The van der Waals surface area contributed by atoms with Gasteiger partial charge < -0.3 is 14.6 Å². The molecular weight excluding hydrogens is 344 g/mol. The van der Waals surface area contributed by atoms with Gasteiger partial charge in [-0.15, -0.1) is 0 Å². The number of rotatable bonds is 9. The Kier molecular flexibility index (Phi) is 9.50. The van der Waals surface area contributed by atoms with E-state index >= 15 is 0 Å². The van der Waals surface area contributed by atoms with E-state index in [1.807, 2.05) is 32.9 Å². The molecule has 27 heavy (non-hydrogen) atoms. The van der Waals surface area contributed by atoms with E-state index in [0.29, 0.717) is 37.7 Å². The molecule has 0 aromatic carbocycles. The van der Waals surface area contributed by atoms with Crippen LogP contribution in [-0.4, -0.2) is 35.4 Å². The van der Waals surface area contributed by atoms with Crippen LogP contribution >= 0.6 is 0 Å². The lowest BCUT2D eigenvalue weighted by atomic mass is 9.89. The van der Waals surface area contributed by atoms with Gasteiger partial charge >= 0.3 is 11.9 Å². The largest absolute Gasteiger partial charge is 0.462 e. The molecule has 0 amide bonds. The zero-order chi connectivity index (χ0) is 20.4. The van der Waals surface area contributed by atoms with E-state index in [2.05, 4.69) is 6.08 Å². The van der Waals surface area contributed by atoms with Gasteiger partial charge in [0.2, 0.25) is 0 Å². The van der Waals surface area contributed by atoms with Gasteiger partial charge in [0.15, 0.2) is 0 Å². The summed E-state index contributed by atoms with van der Waals surface area (Å²) in [7, 11) is 0. The predicted molar refractivity (Wildman–Crippen MR) is 106 cm³/mol. The van der Waals surface area contributed by atoms with Gasteiger partial charge in [0, 0.05) is 12.5 Å². The number of carbonyl (C=O) groups is 2. The summed E-state index contributed by atoms with van der Waals surface area (Å²) in [6.07, 6.45) is 9.06. The molecule has 0 saturated carbocycles. The van der Waals surface area contributed by atoms with Crippen LogP contribution in [0.15, 0.2) is 34.9 Å². The molecule has 0 fully saturated rings. The molecule has 1 aliphatic rings. The van der Waals surface area contributed by atoms with Gasteiger partial charge in [-0.3, -0.25) is 4.79 Å². The van der Waals surface area contributed by atoms with Crippen LogP contribution in [0, 0.1) is 0 Å². The number of esters is 2. The number of cyclic esters (lactones) is 1. The molecule has 0 aromatic rings. The highest BCUT2D eigenvalue weighted by Gasteiger charge is 2.38. The van der Waals surface area contributed by atoms with E-state index in [4.69, 9.17) is 9.47 Å². The van der Waals surface area contributed by atoms with Crippen LogP contribution in [0.4, 0.5) is 0 Å². The Balaban J connectivity index is 2.58. The first-order valence-corrected chi connectivity index (χ1v) is 9.67. The molecular formula is C22H34O5. The Morgan fingerprint density at radius 3 is 2.67 bits per heavy atom. The average molecular weight is 379 g/mol. The normalized spacial score (nSPS) is 21.6. The summed E-state index contributed by atoms with van der Waals surface area (Å²) in [5.74, 6) is -0.636. The molecule has 1 rings (SSSR count). The summed E-state index contributed by atoms with van der Waals surface area (Å²) in [5, 5.41) is 10.7. The molecule has 2 atom stereocenters. The maximum atomic E-state index is 12.5. The van der Waals surface area contributed by atoms with Gasteiger partial charge in [-0.05, 0) is 72.3 Å². The van der Waals surface area contributed by atoms with Gasteiger partial charge in [-0.1, -0.05) is 23.3 Å². The Morgan fingerprint density at radius 1 is 1.33 bits per heavy atom. The standard InChI is InChI=1S/C22H34O5/c1-16(2)8-6-9-19-10-7-14-22(5,27-21(19)25)20(24)12-11-17(3)13-15-26-18(4)23/h8,10,13,20,24H,6-7,9,11-12,14-15H2,1-5H3. The molecule has 1 N–H and O–H groups in total. The number of ether oxygens (including phenoxy) is 2. The van der Waals surface area contributed by atoms with E-state index in [9.17, 15) is 14.7 Å². The Bertz CT molecular complexity index is 610. The zero-order valence-electron chi connectivity index (χ0n) is 17.3. The lowest BCUT2D eigenvalue weighted by Crippen LogP contribution is -2.43. The average Bonchev–Trinajstić information content (AvgIpc) is 2.71. The third-order valence-corrected chi connectivity index (χ3v) is 4.82. The third-order valence-electron chi connectivity index (χ3n) is 4.82. The first-order valence-electron chi connectivity index (χ1n) is 9.67. The van der Waals surface area contributed by atoms with Crippen LogP contribution in [-0.2, 0) is 19.1 Å². The van der Waals surface area contributed by atoms with E-state index < -0.39 is 11.7 Å². The first-order chi connectivity index (χ1) is 12.6. The SMILES string of the molecule is CC(=O)OCC=C(C)CCC(O)C1(C)CCC=C(CCC=C(C)C)C(=O)O1. The van der Waals surface area contributed by atoms with Gasteiger partial charge in [-0.2, -0.15) is 0 Å². The van der Waals surface area contributed by atoms with Crippen molar-refractivity contribution < 1.29 is 24.2 Å². The van der Waals surface area contributed by atoms with Gasteiger partial charge in [-0.25, -0.2) is 4.79 Å². The third kappa shape index (κ3) is 8.57. The summed E-state index contributed by atoms with van der Waals surface area (Å²) in [4.78, 5) is 23.3. The van der Waals surface area contributed by atoms with Crippen molar-refractivity contribution in [2.75, 3.05) is 6.61 Å². The Labute approximate surface area is 163 Å². The molecule has 1 aliphatic heterocycles. The second-order valence-corrected chi connectivity index (χ2v) is 7.70. The van der Waals surface area contributed by atoms with Crippen LogP contribution < -0.4 is 0 Å². The molecule has 2 unspecified atom stereocenters. The van der Waals surface area contributed by atoms with Crippen molar-refractivity contribution >= 4 is 11.9 Å². The summed E-state index contributed by atoms with van der Waals surface area (Å²) in [5.41, 5.74) is 2.07. The molecule has 0 radical (unpaired) electrons. The maximum absolute atomic E-state index is 12.5. The van der Waals surface area contributed by atoms with E-state index in [-0.39, 0.29) is 18.5 Å². The van der Waals surface area contributed by atoms with Gasteiger partial charge in [0.25, 0.3) is 0 Å². The number of aliphatic hydroxyl groups excluding tert-OH is 1. The predicted octanol–water partition coefficient (Wildman–Crippen LogP) is 4.41. The smallest absolute Gasteiger partial charge is 0.334 e. The second kappa shape index (κ2) is 11.1. The van der Waals surface area contributed by atoms with Crippen LogP contribution in [0.5, 0.6) is 0 Å². The molecule has 5 nitrogen and oxygen atoms in total. The minimum Gasteiger partial charge on any atom is -0.462 e. The monoisotopic (exact) mass is 378 g/mol. The quantitative estimate of drug-likeness (QED) is 0.475. The molecule has 152 valence electrons. The van der Waals surface area contributed by atoms with E-state index in [1.165, 1.54) is 12.5 Å². The van der Waals surface area contributed by atoms with Crippen molar-refractivity contribution in [2.24, 2.45) is 0 Å². The van der Waals surface area contributed by atoms with Gasteiger partial charge in [0.05, 0.1) is 6.10 Å². The van der Waals surface area contributed by atoms with Crippen LogP contribution in [0.2, 0.25) is 0 Å². The molecule has 5 heteroatoms. The second-order valence-electron chi connectivity index (χ2n) is 7.70. The highest BCUT2D eigenvalue weighted by molar-refractivity contribution is 5.89. The molecule has 0 aromatic heterocycles. The van der Waals surface area contributed by atoms with Crippen molar-refractivity contribution in [1.82, 2.24) is 0 Å². The van der Waals surface area contributed by atoms with E-state index in [0.717, 1.165) is 12.0 Å². The summed E-state index contributed by atoms with van der Waals surface area (Å²) < 4.78 is 10.6. The minimum absolute atomic E-state index is 0.239. The number of hydrogen-bond acceptors (Lipinski definition) is 5. The van der Waals surface area contributed by atoms with Crippen LogP contribution in [0.25, 0.3) is 0 Å². The zero-order valence-corrected chi connectivity index (χ0v) is 17.3. The lowest BCUT2D eigenvalue weighted by molar-refractivity contribution is -0.166. The molecule has 0 aliphatic carbocycles. The van der Waals surface area contributed by atoms with Crippen molar-refractivity contribution in [3.05, 3.63) is 34.9 Å². The Morgan fingerprint density at radius 2 is 2.04 bits per heavy atom. The summed E-state index contributed by atoms with van der Waals surface area (Å²) in [6.45, 7) is 9.42. The number of allylic oxidation sites excluding steroid dienone is 4. The highest BCUT2D eigenvalue weighted by Crippen LogP contribution is 2.31. The van der Waals surface area contributed by atoms with Crippen LogP contribution in [0.1, 0.15) is 73.1 Å². The topological polar surface area (TPSA) is 72.8 Å². The lowest BCUT2D eigenvalue weighted by Gasteiger charge is -2.33. The fourth-order valence-corrected chi connectivity index (χ4v) is 2.97. The summed E-state index contributed by atoms with van der Waals surface area (Å²) >= 11 is 0. The van der Waals surface area contributed by atoms with E-state index in [1.54, 1.807) is 6.92 Å². The fraction of sp³-hybridized carbons (Fsp3) is 0.636. The van der Waals surface area contributed by atoms with Crippen molar-refractivity contribution in [3.8, 4) is 0 Å². The number of hydrogen-bond donors (Lipinski definition) is 1. The minimum atomic E-state index is -0.887. The first kappa shape index (κ1) is 23.2. The Hall–Kier alpha value is -1.88. The van der Waals surface area contributed by atoms with Gasteiger partial charge in [0.1, 0.15) is 12.2 Å². The van der Waals surface area contributed by atoms with Crippen LogP contribution in [0.3, 0.4) is 0 Å². The van der Waals surface area contributed by atoms with Crippen molar-refractivity contribution in [3.63, 3.8) is 0 Å². The number of carbonyl (C=O) groups excluding carboxylic acids is 2. The molecule has 1 heterocycles. The van der Waals surface area contributed by atoms with Crippen molar-refractivity contribution in [1.29, 1.82) is 0 Å².